The fraction of sp³-hybridized carbons (Fsp3) is 0.619. The molecular formula is C21H32N2O4S. The summed E-state index contributed by atoms with van der Waals surface area (Å²) in [5, 5.41) is 16.8. The van der Waals surface area contributed by atoms with E-state index in [9.17, 15) is 14.7 Å². The van der Waals surface area contributed by atoms with Gasteiger partial charge in [-0.1, -0.05) is 29.5 Å². The van der Waals surface area contributed by atoms with Crippen molar-refractivity contribution in [2.75, 3.05) is 5.75 Å². The number of ether oxygens (including phenoxy) is 1. The van der Waals surface area contributed by atoms with E-state index in [1.165, 1.54) is 0 Å². The Morgan fingerprint density at radius 2 is 2.18 bits per heavy atom. The van der Waals surface area contributed by atoms with E-state index in [-0.39, 0.29) is 29.7 Å². The highest BCUT2D eigenvalue weighted by atomic mass is 32.2. The van der Waals surface area contributed by atoms with Gasteiger partial charge in [-0.2, -0.15) is 0 Å². The number of aliphatic hydroxyl groups is 1. The fourth-order valence-corrected chi connectivity index (χ4v) is 4.52. The molecule has 4 atom stereocenters. The summed E-state index contributed by atoms with van der Waals surface area (Å²) >= 11 is 1.14. The van der Waals surface area contributed by atoms with Gasteiger partial charge in [0.05, 0.1) is 12.1 Å². The average molecular weight is 409 g/mol. The summed E-state index contributed by atoms with van der Waals surface area (Å²) in [6, 6.07) is -0.692. The van der Waals surface area contributed by atoms with Crippen LogP contribution in [-0.2, 0) is 9.53 Å². The van der Waals surface area contributed by atoms with Crippen molar-refractivity contribution in [1.29, 1.82) is 0 Å². The summed E-state index contributed by atoms with van der Waals surface area (Å²) in [5.74, 6) is -1.18. The van der Waals surface area contributed by atoms with Gasteiger partial charge in [-0.3, -0.25) is 9.59 Å². The SMILES string of the molecule is C=CCCC[C@@H]1C[C@@H](NC(=O)C=C(C)CCC=C)C[C@](O)([C@@H]2CSC(=O)N2)O1. The van der Waals surface area contributed by atoms with Gasteiger partial charge in [0.1, 0.15) is 0 Å². The van der Waals surface area contributed by atoms with E-state index in [0.29, 0.717) is 12.2 Å². The molecule has 7 heteroatoms. The summed E-state index contributed by atoms with van der Waals surface area (Å²) in [5.41, 5.74) is 0.988. The van der Waals surface area contributed by atoms with Crippen molar-refractivity contribution < 1.29 is 19.4 Å². The zero-order valence-electron chi connectivity index (χ0n) is 16.6. The minimum atomic E-state index is -1.48. The molecule has 2 amide bonds. The largest absolute Gasteiger partial charge is 0.364 e. The standard InChI is InChI=1S/C21H32N2O4S/c1-4-6-8-10-17-12-16(22-19(24)11-15(3)9-7-5-2)13-21(26,27-17)18-14-28-20(25)23-18/h4-5,11,16-18,26H,1-2,6-10,12-14H2,3H3,(H,22,24)(H,23,25)/t16-,17-,18+,21-/m1/s1. The number of nitrogens with one attached hydrogen (secondary N) is 2. The van der Waals surface area contributed by atoms with Gasteiger partial charge in [-0.05, 0) is 45.4 Å². The van der Waals surface area contributed by atoms with Gasteiger partial charge in [0.25, 0.3) is 5.24 Å². The molecule has 2 aliphatic heterocycles. The van der Waals surface area contributed by atoms with Crippen LogP contribution in [0.1, 0.15) is 51.9 Å². The summed E-state index contributed by atoms with van der Waals surface area (Å²) in [4.78, 5) is 24.0. The number of hydrogen-bond donors (Lipinski definition) is 3. The molecule has 2 heterocycles. The summed E-state index contributed by atoms with van der Waals surface area (Å²) in [6.45, 7) is 9.36. The monoisotopic (exact) mass is 408 g/mol. The van der Waals surface area contributed by atoms with Crippen LogP contribution >= 0.6 is 11.8 Å². The Kier molecular flexibility index (Phi) is 8.79. The zero-order chi connectivity index (χ0) is 20.6. The van der Waals surface area contributed by atoms with Crippen LogP contribution < -0.4 is 10.6 Å². The third-order valence-electron chi connectivity index (χ3n) is 5.08. The number of rotatable bonds is 10. The minimum Gasteiger partial charge on any atom is -0.364 e. The molecule has 0 aromatic carbocycles. The first kappa shape index (κ1) is 22.7. The van der Waals surface area contributed by atoms with Crippen LogP contribution in [0.15, 0.2) is 37.0 Å². The third-order valence-corrected chi connectivity index (χ3v) is 5.96. The first-order chi connectivity index (χ1) is 13.4. The molecule has 0 aliphatic carbocycles. The Morgan fingerprint density at radius 3 is 2.82 bits per heavy atom. The van der Waals surface area contributed by atoms with Gasteiger partial charge in [0, 0.05) is 24.3 Å². The summed E-state index contributed by atoms with van der Waals surface area (Å²) < 4.78 is 6.01. The van der Waals surface area contributed by atoms with Crippen LogP contribution in [0.3, 0.4) is 0 Å². The van der Waals surface area contributed by atoms with E-state index < -0.39 is 11.8 Å². The van der Waals surface area contributed by atoms with Crippen molar-refractivity contribution in [2.24, 2.45) is 0 Å². The molecule has 0 unspecified atom stereocenters. The van der Waals surface area contributed by atoms with Crippen LogP contribution in [0.4, 0.5) is 4.79 Å². The van der Waals surface area contributed by atoms with E-state index in [1.54, 1.807) is 6.08 Å². The lowest BCUT2D eigenvalue weighted by atomic mass is 9.90. The average Bonchev–Trinajstić information content (AvgIpc) is 3.07. The molecule has 6 nitrogen and oxygen atoms in total. The molecular weight excluding hydrogens is 376 g/mol. The molecule has 0 bridgehead atoms. The lowest BCUT2D eigenvalue weighted by Gasteiger charge is -2.44. The first-order valence-corrected chi connectivity index (χ1v) is 10.9. The van der Waals surface area contributed by atoms with E-state index in [2.05, 4.69) is 23.8 Å². The van der Waals surface area contributed by atoms with E-state index in [0.717, 1.165) is 49.4 Å². The molecule has 2 saturated heterocycles. The number of hydrogen-bond acceptors (Lipinski definition) is 5. The van der Waals surface area contributed by atoms with Crippen molar-refractivity contribution in [3.05, 3.63) is 37.0 Å². The van der Waals surface area contributed by atoms with Crippen LogP contribution in [0, 0.1) is 0 Å². The highest BCUT2D eigenvalue weighted by Gasteiger charge is 2.48. The number of amides is 2. The molecule has 0 saturated carbocycles. The van der Waals surface area contributed by atoms with Gasteiger partial charge in [0.15, 0.2) is 5.79 Å². The first-order valence-electron chi connectivity index (χ1n) is 9.89. The second-order valence-electron chi connectivity index (χ2n) is 7.56. The zero-order valence-corrected chi connectivity index (χ0v) is 17.4. The number of carbonyl (C=O) groups is 2. The van der Waals surface area contributed by atoms with Gasteiger partial charge in [-0.15, -0.1) is 13.2 Å². The van der Waals surface area contributed by atoms with E-state index in [4.69, 9.17) is 4.74 Å². The number of thioether (sulfide) groups is 1. The Labute approximate surface area is 171 Å². The molecule has 0 aromatic heterocycles. The summed E-state index contributed by atoms with van der Waals surface area (Å²) in [6.07, 6.45) is 10.2. The van der Waals surface area contributed by atoms with Crippen molar-refractivity contribution in [1.82, 2.24) is 10.6 Å². The Hall–Kier alpha value is -1.57. The lowest BCUT2D eigenvalue weighted by molar-refractivity contribution is -0.269. The van der Waals surface area contributed by atoms with Crippen LogP contribution in [-0.4, -0.2) is 46.0 Å². The highest BCUT2D eigenvalue weighted by molar-refractivity contribution is 8.14. The summed E-state index contributed by atoms with van der Waals surface area (Å²) in [7, 11) is 0. The molecule has 3 N–H and O–H groups in total. The third kappa shape index (κ3) is 6.79. The molecule has 2 aliphatic rings. The number of carbonyl (C=O) groups excluding carboxylic acids is 2. The molecule has 28 heavy (non-hydrogen) atoms. The predicted octanol–water partition coefficient (Wildman–Crippen LogP) is 3.43. The van der Waals surface area contributed by atoms with Gasteiger partial charge in [-0.25, -0.2) is 0 Å². The second kappa shape index (κ2) is 10.8. The Balaban J connectivity index is 2.04. The maximum absolute atomic E-state index is 12.4. The van der Waals surface area contributed by atoms with Gasteiger partial charge >= 0.3 is 0 Å². The van der Waals surface area contributed by atoms with Crippen LogP contribution in [0.25, 0.3) is 0 Å². The van der Waals surface area contributed by atoms with Crippen molar-refractivity contribution in [3.63, 3.8) is 0 Å². The van der Waals surface area contributed by atoms with E-state index in [1.807, 2.05) is 19.1 Å². The topological polar surface area (TPSA) is 87.7 Å². The fourth-order valence-electron chi connectivity index (χ4n) is 3.64. The van der Waals surface area contributed by atoms with Crippen LogP contribution in [0.2, 0.25) is 0 Å². The molecule has 2 fully saturated rings. The predicted molar refractivity (Wildman–Crippen MR) is 113 cm³/mol. The smallest absolute Gasteiger partial charge is 0.279 e. The molecule has 0 radical (unpaired) electrons. The number of unbranched alkanes of at least 4 members (excludes halogenated alkanes) is 1. The van der Waals surface area contributed by atoms with E-state index >= 15 is 0 Å². The quantitative estimate of drug-likeness (QED) is 0.293. The molecule has 156 valence electrons. The Bertz CT molecular complexity index is 622. The number of allylic oxidation sites excluding steroid dienone is 3. The Morgan fingerprint density at radius 1 is 1.43 bits per heavy atom. The van der Waals surface area contributed by atoms with Gasteiger partial charge < -0.3 is 20.5 Å². The molecule has 0 aromatic rings. The molecule has 0 spiro atoms. The molecule has 2 rings (SSSR count). The van der Waals surface area contributed by atoms with Crippen LogP contribution in [0.5, 0.6) is 0 Å². The maximum Gasteiger partial charge on any atom is 0.279 e. The maximum atomic E-state index is 12.4. The highest BCUT2D eigenvalue weighted by Crippen LogP contribution is 2.35. The minimum absolute atomic E-state index is 0.155. The lowest BCUT2D eigenvalue weighted by Crippen LogP contribution is -2.60. The van der Waals surface area contributed by atoms with Crippen molar-refractivity contribution in [2.45, 2.75) is 75.8 Å². The van der Waals surface area contributed by atoms with Gasteiger partial charge in [0.2, 0.25) is 5.91 Å². The van der Waals surface area contributed by atoms with Crippen molar-refractivity contribution >= 4 is 22.9 Å². The second-order valence-corrected chi connectivity index (χ2v) is 8.56. The normalized spacial score (nSPS) is 30.6. The van der Waals surface area contributed by atoms with Crippen molar-refractivity contribution in [3.8, 4) is 0 Å².